The lowest BCUT2D eigenvalue weighted by atomic mass is 10.2. The highest BCUT2D eigenvalue weighted by Crippen LogP contribution is 2.43. The Hall–Kier alpha value is -0.850. The Balaban J connectivity index is 1.83. The molecule has 112 valence electrons. The first kappa shape index (κ1) is 15.1. The van der Waals surface area contributed by atoms with Gasteiger partial charge < -0.3 is 10.3 Å². The van der Waals surface area contributed by atoms with E-state index >= 15 is 0 Å². The van der Waals surface area contributed by atoms with Crippen molar-refractivity contribution in [2.45, 2.75) is 29.6 Å². The topological polar surface area (TPSA) is 64.9 Å². The average molecular weight is 342 g/mol. The number of nitrogens with zero attached hydrogens (tertiary/aromatic N) is 2. The van der Waals surface area contributed by atoms with E-state index in [-0.39, 0.29) is 5.25 Å². The van der Waals surface area contributed by atoms with Crippen LogP contribution >= 0.6 is 35.1 Å². The molecular weight excluding hydrogens is 326 g/mol. The molecule has 0 spiro atoms. The van der Waals surface area contributed by atoms with Gasteiger partial charge >= 0.3 is 0 Å². The fourth-order valence-electron chi connectivity index (χ4n) is 2.14. The normalized spacial score (nSPS) is 26.0. The third-order valence-corrected chi connectivity index (χ3v) is 7.05. The maximum atomic E-state index is 6.01. The molecule has 7 heteroatoms. The number of nitrogen functional groups attached to an aromatic ring is 1. The molecule has 3 rings (SSSR count). The molecule has 0 amide bonds. The van der Waals surface area contributed by atoms with Crippen LogP contribution in [0.25, 0.3) is 11.5 Å². The molecule has 1 fully saturated rings. The second-order valence-electron chi connectivity index (χ2n) is 5.10. The van der Waals surface area contributed by atoms with Crippen molar-refractivity contribution in [2.75, 3.05) is 11.5 Å². The number of rotatable bonds is 2. The van der Waals surface area contributed by atoms with Gasteiger partial charge in [0.1, 0.15) is 0 Å². The predicted octanol–water partition coefficient (Wildman–Crippen LogP) is 4.27. The van der Waals surface area contributed by atoms with Crippen LogP contribution in [0.15, 0.2) is 22.7 Å². The zero-order valence-electron chi connectivity index (χ0n) is 11.7. The molecule has 1 aliphatic heterocycles. The van der Waals surface area contributed by atoms with E-state index in [2.05, 4.69) is 24.0 Å². The Labute approximate surface area is 137 Å². The average Bonchev–Trinajstić information content (AvgIpc) is 2.90. The Kier molecular flexibility index (Phi) is 4.38. The van der Waals surface area contributed by atoms with Gasteiger partial charge in [-0.05, 0) is 18.2 Å². The van der Waals surface area contributed by atoms with Gasteiger partial charge in [0.15, 0.2) is 5.82 Å². The maximum absolute atomic E-state index is 6.01. The summed E-state index contributed by atoms with van der Waals surface area (Å²) in [6.45, 7) is 4.50. The molecule has 4 nitrogen and oxygen atoms in total. The zero-order chi connectivity index (χ0) is 15.0. The molecule has 3 unspecified atom stereocenters. The Bertz CT molecular complexity index is 629. The van der Waals surface area contributed by atoms with E-state index in [4.69, 9.17) is 21.9 Å². The van der Waals surface area contributed by atoms with Crippen LogP contribution in [0, 0.1) is 0 Å². The molecule has 1 aromatic carbocycles. The standard InChI is InChI=1S/C14H16ClN3OS2/c1-7-8(2)21-12(6-20-7)13-17-14(19-18-13)9-3-10(15)5-11(16)4-9/h3-5,7-8,12H,6,16H2,1-2H3. The molecule has 0 saturated carbocycles. The first-order chi connectivity index (χ1) is 10.0. The van der Waals surface area contributed by atoms with Crippen molar-refractivity contribution in [3.63, 3.8) is 0 Å². The fourth-order valence-corrected chi connectivity index (χ4v) is 5.21. The summed E-state index contributed by atoms with van der Waals surface area (Å²) in [4.78, 5) is 4.52. The first-order valence-electron chi connectivity index (χ1n) is 6.70. The van der Waals surface area contributed by atoms with Crippen LogP contribution in [0.2, 0.25) is 5.02 Å². The second-order valence-corrected chi connectivity index (χ2v) is 8.53. The third kappa shape index (κ3) is 3.33. The molecule has 2 aromatic rings. The third-order valence-electron chi connectivity index (χ3n) is 3.45. The van der Waals surface area contributed by atoms with Crippen molar-refractivity contribution in [1.82, 2.24) is 10.1 Å². The van der Waals surface area contributed by atoms with Crippen molar-refractivity contribution < 1.29 is 4.52 Å². The molecule has 2 N–H and O–H groups in total. The van der Waals surface area contributed by atoms with Crippen molar-refractivity contribution in [3.05, 3.63) is 29.0 Å². The lowest BCUT2D eigenvalue weighted by molar-refractivity contribution is 0.423. The quantitative estimate of drug-likeness (QED) is 0.823. The minimum Gasteiger partial charge on any atom is -0.399 e. The van der Waals surface area contributed by atoms with Gasteiger partial charge in [0.25, 0.3) is 5.89 Å². The first-order valence-corrected chi connectivity index (χ1v) is 9.07. The fraction of sp³-hybridized carbons (Fsp3) is 0.429. The van der Waals surface area contributed by atoms with Crippen LogP contribution in [-0.2, 0) is 0 Å². The highest BCUT2D eigenvalue weighted by atomic mass is 35.5. The molecule has 1 aromatic heterocycles. The van der Waals surface area contributed by atoms with Crippen LogP contribution in [0.3, 0.4) is 0 Å². The summed E-state index contributed by atoms with van der Waals surface area (Å²) >= 11 is 9.87. The number of thioether (sulfide) groups is 2. The molecule has 3 atom stereocenters. The van der Waals surface area contributed by atoms with Gasteiger partial charge in [-0.15, -0.1) is 11.8 Å². The maximum Gasteiger partial charge on any atom is 0.258 e. The zero-order valence-corrected chi connectivity index (χ0v) is 14.1. The smallest absolute Gasteiger partial charge is 0.258 e. The number of hydrogen-bond acceptors (Lipinski definition) is 6. The van der Waals surface area contributed by atoms with E-state index in [1.807, 2.05) is 23.5 Å². The number of hydrogen-bond donors (Lipinski definition) is 1. The molecule has 21 heavy (non-hydrogen) atoms. The van der Waals surface area contributed by atoms with Gasteiger partial charge in [-0.25, -0.2) is 0 Å². The number of halogens is 1. The van der Waals surface area contributed by atoms with Crippen molar-refractivity contribution in [3.8, 4) is 11.5 Å². The van der Waals surface area contributed by atoms with E-state index in [9.17, 15) is 0 Å². The van der Waals surface area contributed by atoms with Gasteiger partial charge in [-0.3, -0.25) is 0 Å². The van der Waals surface area contributed by atoms with Crippen LogP contribution < -0.4 is 5.73 Å². The number of anilines is 1. The minimum absolute atomic E-state index is 0.273. The summed E-state index contributed by atoms with van der Waals surface area (Å²) in [5.41, 5.74) is 7.14. The van der Waals surface area contributed by atoms with Gasteiger partial charge in [-0.1, -0.05) is 30.6 Å². The highest BCUT2D eigenvalue weighted by molar-refractivity contribution is 8.07. The monoisotopic (exact) mass is 341 g/mol. The molecule has 1 aliphatic rings. The van der Waals surface area contributed by atoms with E-state index in [1.54, 1.807) is 18.2 Å². The highest BCUT2D eigenvalue weighted by Gasteiger charge is 2.30. The van der Waals surface area contributed by atoms with Crippen LogP contribution in [0.5, 0.6) is 0 Å². The van der Waals surface area contributed by atoms with Gasteiger partial charge in [0.2, 0.25) is 0 Å². The Morgan fingerprint density at radius 3 is 2.81 bits per heavy atom. The van der Waals surface area contributed by atoms with E-state index in [1.165, 1.54) is 0 Å². The molecule has 0 aliphatic carbocycles. The Morgan fingerprint density at radius 2 is 2.10 bits per heavy atom. The molecule has 0 radical (unpaired) electrons. The number of nitrogens with two attached hydrogens (primary N) is 1. The van der Waals surface area contributed by atoms with Crippen LogP contribution in [0.4, 0.5) is 5.69 Å². The summed E-state index contributed by atoms with van der Waals surface area (Å²) in [5, 5.41) is 6.21. The van der Waals surface area contributed by atoms with Gasteiger partial charge in [0.05, 0.1) is 5.25 Å². The van der Waals surface area contributed by atoms with Crippen molar-refractivity contribution >= 4 is 40.8 Å². The largest absolute Gasteiger partial charge is 0.399 e. The van der Waals surface area contributed by atoms with Gasteiger partial charge in [0, 0.05) is 32.5 Å². The Morgan fingerprint density at radius 1 is 1.29 bits per heavy atom. The lowest BCUT2D eigenvalue weighted by Crippen LogP contribution is -2.22. The summed E-state index contributed by atoms with van der Waals surface area (Å²) < 4.78 is 5.38. The molecule has 0 bridgehead atoms. The van der Waals surface area contributed by atoms with Crippen LogP contribution in [0.1, 0.15) is 24.9 Å². The minimum atomic E-state index is 0.273. The summed E-state index contributed by atoms with van der Waals surface area (Å²) in [6.07, 6.45) is 0. The predicted molar refractivity (Wildman–Crippen MR) is 90.9 cm³/mol. The molecular formula is C14H16ClN3OS2. The SMILES string of the molecule is CC1SCC(c2noc(-c3cc(N)cc(Cl)c3)n2)SC1C. The van der Waals surface area contributed by atoms with Gasteiger partial charge in [-0.2, -0.15) is 16.7 Å². The molecule has 1 saturated heterocycles. The van der Waals surface area contributed by atoms with Crippen molar-refractivity contribution in [1.29, 1.82) is 0 Å². The van der Waals surface area contributed by atoms with E-state index < -0.39 is 0 Å². The second kappa shape index (κ2) is 6.10. The van der Waals surface area contributed by atoms with E-state index in [0.29, 0.717) is 27.1 Å². The van der Waals surface area contributed by atoms with Crippen LogP contribution in [-0.4, -0.2) is 26.4 Å². The summed E-state index contributed by atoms with van der Waals surface area (Å²) in [6, 6.07) is 5.26. The number of aromatic nitrogens is 2. The summed E-state index contributed by atoms with van der Waals surface area (Å²) in [7, 11) is 0. The number of benzene rings is 1. The molecule has 2 heterocycles. The summed E-state index contributed by atoms with van der Waals surface area (Å²) in [5.74, 6) is 2.23. The lowest BCUT2D eigenvalue weighted by Gasteiger charge is -2.29. The van der Waals surface area contributed by atoms with E-state index in [0.717, 1.165) is 17.1 Å². The van der Waals surface area contributed by atoms with Crippen molar-refractivity contribution in [2.24, 2.45) is 0 Å².